The first-order valence-corrected chi connectivity index (χ1v) is 15.0. The van der Waals surface area contributed by atoms with Gasteiger partial charge in [0.2, 0.25) is 5.91 Å². The summed E-state index contributed by atoms with van der Waals surface area (Å²) >= 11 is 0. The van der Waals surface area contributed by atoms with Gasteiger partial charge in [-0.05, 0) is 48.6 Å². The predicted octanol–water partition coefficient (Wildman–Crippen LogP) is 2.96. The number of likely N-dealkylation sites (tertiary alicyclic amines) is 1. The van der Waals surface area contributed by atoms with Crippen molar-refractivity contribution in [3.63, 3.8) is 0 Å². The van der Waals surface area contributed by atoms with Crippen molar-refractivity contribution in [2.45, 2.75) is 45.2 Å². The molecule has 3 amide bonds. The summed E-state index contributed by atoms with van der Waals surface area (Å²) in [6, 6.07) is 12.8. The van der Waals surface area contributed by atoms with Crippen molar-refractivity contribution in [2.24, 2.45) is 5.92 Å². The van der Waals surface area contributed by atoms with E-state index in [9.17, 15) is 14.4 Å². The van der Waals surface area contributed by atoms with Crippen molar-refractivity contribution in [3.05, 3.63) is 64.7 Å². The number of rotatable bonds is 7. The maximum atomic E-state index is 13.8. The minimum atomic E-state index is -0.674. The fourth-order valence-electron chi connectivity index (χ4n) is 6.45. The maximum absolute atomic E-state index is 13.8. The van der Waals surface area contributed by atoms with Crippen LogP contribution in [0.1, 0.15) is 38.3 Å². The molecule has 1 unspecified atom stereocenters. The predicted molar refractivity (Wildman–Crippen MR) is 162 cm³/mol. The molecule has 2 aliphatic heterocycles. The first-order valence-electron chi connectivity index (χ1n) is 15.0. The van der Waals surface area contributed by atoms with Gasteiger partial charge in [-0.15, -0.1) is 0 Å². The van der Waals surface area contributed by atoms with Crippen molar-refractivity contribution >= 4 is 33.9 Å². The van der Waals surface area contributed by atoms with Crippen LogP contribution in [0.3, 0.4) is 0 Å². The molecule has 0 aliphatic carbocycles. The van der Waals surface area contributed by atoms with Crippen LogP contribution in [-0.4, -0.2) is 98.2 Å². The lowest BCUT2D eigenvalue weighted by molar-refractivity contribution is -0.135. The summed E-state index contributed by atoms with van der Waals surface area (Å²) in [7, 11) is 0. The number of urea groups is 1. The van der Waals surface area contributed by atoms with Crippen LogP contribution in [0.4, 0.5) is 4.79 Å². The number of nitrogens with one attached hydrogen (secondary N) is 3. The Kier molecular flexibility index (Phi) is 8.01. The highest BCUT2D eigenvalue weighted by atomic mass is 16.2. The maximum Gasteiger partial charge on any atom is 0.326 e. The molecule has 11 nitrogen and oxygen atoms in total. The number of aromatic nitrogens is 4. The molecule has 222 valence electrons. The van der Waals surface area contributed by atoms with Gasteiger partial charge in [-0.1, -0.05) is 32.0 Å². The molecule has 0 saturated carbocycles. The number of aromatic amines is 2. The van der Waals surface area contributed by atoms with Crippen LogP contribution in [-0.2, 0) is 11.2 Å². The first kappa shape index (κ1) is 28.0. The van der Waals surface area contributed by atoms with Crippen molar-refractivity contribution in [1.29, 1.82) is 0 Å². The molecule has 3 N–H and O–H groups in total. The summed E-state index contributed by atoms with van der Waals surface area (Å²) in [6.45, 7) is 9.46. The topological polar surface area (TPSA) is 122 Å². The highest BCUT2D eigenvalue weighted by Crippen LogP contribution is 2.25. The van der Waals surface area contributed by atoms with E-state index in [1.807, 2.05) is 51.9 Å². The fraction of sp³-hybridized carbons (Fsp3) is 0.484. The van der Waals surface area contributed by atoms with Gasteiger partial charge in [0.05, 0.1) is 22.7 Å². The Balaban J connectivity index is 1.14. The van der Waals surface area contributed by atoms with Crippen LogP contribution < -0.4 is 11.0 Å². The second-order valence-corrected chi connectivity index (χ2v) is 12.1. The summed E-state index contributed by atoms with van der Waals surface area (Å²) in [5, 5.41) is 11.1. The molecular formula is C31H40N8O3. The van der Waals surface area contributed by atoms with E-state index in [2.05, 4.69) is 39.2 Å². The van der Waals surface area contributed by atoms with Gasteiger partial charge in [-0.25, -0.2) is 9.59 Å². The monoisotopic (exact) mass is 572 g/mol. The van der Waals surface area contributed by atoms with E-state index >= 15 is 0 Å². The number of hydrogen-bond acceptors (Lipinski definition) is 5. The van der Waals surface area contributed by atoms with Crippen LogP contribution in [0, 0.1) is 5.92 Å². The number of nitrogens with zero attached hydrogens (tertiary/aromatic N) is 5. The van der Waals surface area contributed by atoms with E-state index < -0.39 is 6.04 Å². The van der Waals surface area contributed by atoms with Gasteiger partial charge in [-0.3, -0.25) is 19.4 Å². The molecular weight excluding hydrogens is 532 g/mol. The second-order valence-electron chi connectivity index (χ2n) is 12.1. The Morgan fingerprint density at radius 3 is 2.50 bits per heavy atom. The van der Waals surface area contributed by atoms with Gasteiger partial charge in [0.1, 0.15) is 6.04 Å². The van der Waals surface area contributed by atoms with E-state index in [0.717, 1.165) is 47.1 Å². The summed E-state index contributed by atoms with van der Waals surface area (Å²) in [5.74, 6) is 0.538. The van der Waals surface area contributed by atoms with Gasteiger partial charge < -0.3 is 20.1 Å². The van der Waals surface area contributed by atoms with Crippen LogP contribution in [0.5, 0.6) is 0 Å². The number of piperidine rings is 1. The number of imidazole rings is 1. The molecule has 0 radical (unpaired) electrons. The number of benzene rings is 2. The van der Waals surface area contributed by atoms with Crippen molar-refractivity contribution in [2.75, 3.05) is 45.8 Å². The Morgan fingerprint density at radius 2 is 1.74 bits per heavy atom. The van der Waals surface area contributed by atoms with E-state index in [0.29, 0.717) is 51.4 Å². The van der Waals surface area contributed by atoms with Crippen LogP contribution in [0.25, 0.3) is 21.9 Å². The molecule has 0 spiro atoms. The molecule has 4 aromatic rings. The number of H-pyrrole nitrogens is 2. The van der Waals surface area contributed by atoms with E-state index in [1.54, 1.807) is 11.1 Å². The zero-order valence-corrected chi connectivity index (χ0v) is 24.4. The van der Waals surface area contributed by atoms with Crippen LogP contribution in [0.2, 0.25) is 0 Å². The number of fused-ring (bicyclic) bond motifs is 2. The van der Waals surface area contributed by atoms with Gasteiger partial charge in [0, 0.05) is 63.7 Å². The molecule has 2 saturated heterocycles. The Hall–Kier alpha value is -4.12. The van der Waals surface area contributed by atoms with Crippen LogP contribution in [0.15, 0.2) is 53.5 Å². The fourth-order valence-corrected chi connectivity index (χ4v) is 6.45. The number of amides is 3. The molecule has 2 fully saturated rings. The number of para-hydroxylation sites is 2. The third-order valence-corrected chi connectivity index (χ3v) is 8.59. The Labute approximate surface area is 244 Å². The largest absolute Gasteiger partial charge is 0.338 e. The van der Waals surface area contributed by atoms with Gasteiger partial charge in [0.15, 0.2) is 0 Å². The van der Waals surface area contributed by atoms with E-state index in [-0.39, 0.29) is 23.7 Å². The number of hydrogen-bond donors (Lipinski definition) is 3. The third-order valence-electron chi connectivity index (χ3n) is 8.59. The molecule has 4 heterocycles. The molecule has 11 heteroatoms. The summed E-state index contributed by atoms with van der Waals surface area (Å²) < 4.78 is 1.82. The van der Waals surface area contributed by atoms with Gasteiger partial charge >= 0.3 is 11.7 Å². The normalized spacial score (nSPS) is 17.8. The number of carbonyl (C=O) groups is 2. The lowest BCUT2D eigenvalue weighted by atomic mass is 10.0. The molecule has 0 bridgehead atoms. The smallest absolute Gasteiger partial charge is 0.326 e. The van der Waals surface area contributed by atoms with Crippen molar-refractivity contribution in [1.82, 2.24) is 39.8 Å². The van der Waals surface area contributed by atoms with Crippen molar-refractivity contribution in [3.8, 4) is 0 Å². The Morgan fingerprint density at radius 1 is 0.976 bits per heavy atom. The minimum Gasteiger partial charge on any atom is -0.338 e. The molecule has 1 atom stereocenters. The number of carbonyl (C=O) groups excluding carboxylic acids is 2. The molecule has 2 aliphatic rings. The highest BCUT2D eigenvalue weighted by molar-refractivity contribution is 5.88. The SMILES string of the molecule is CC(C)CN1CCN(C(=O)C(Cc2ccc3[nH]ncc3c2)NC(=O)N2CCC(n3c(=O)[nH]c4ccccc43)CC2)CC1. The third kappa shape index (κ3) is 5.92. The first-order chi connectivity index (χ1) is 20.4. The van der Waals surface area contributed by atoms with E-state index in [1.165, 1.54) is 0 Å². The van der Waals surface area contributed by atoms with Gasteiger partial charge in [-0.2, -0.15) is 5.10 Å². The standard InChI is InChI=1S/C31H40N8O3/c1-21(2)20-36-13-15-37(16-14-36)29(40)27(18-22-7-8-25-23(17-22)19-32-35-25)34-30(41)38-11-9-24(10-12-38)39-28-6-4-3-5-26(28)33-31(39)42/h3-8,17,19,21,24,27H,9-16,18,20H2,1-2H3,(H,32,35)(H,33,42)(H,34,41). The average Bonchev–Trinajstić information content (AvgIpc) is 3.59. The summed E-state index contributed by atoms with van der Waals surface area (Å²) in [4.78, 5) is 49.1. The average molecular weight is 573 g/mol. The molecule has 6 rings (SSSR count). The molecule has 2 aromatic heterocycles. The quantitative estimate of drug-likeness (QED) is 0.314. The zero-order valence-electron chi connectivity index (χ0n) is 24.4. The molecule has 2 aromatic carbocycles. The van der Waals surface area contributed by atoms with Gasteiger partial charge in [0.25, 0.3) is 0 Å². The number of piperazine rings is 1. The lowest BCUT2D eigenvalue weighted by Crippen LogP contribution is -2.57. The highest BCUT2D eigenvalue weighted by Gasteiger charge is 2.32. The molecule has 42 heavy (non-hydrogen) atoms. The van der Waals surface area contributed by atoms with Crippen molar-refractivity contribution < 1.29 is 9.59 Å². The van der Waals surface area contributed by atoms with Crippen LogP contribution >= 0.6 is 0 Å². The zero-order chi connectivity index (χ0) is 29.2. The lowest BCUT2D eigenvalue weighted by Gasteiger charge is -2.38. The Bertz CT molecular complexity index is 1600. The summed E-state index contributed by atoms with van der Waals surface area (Å²) in [5.41, 5.74) is 3.50. The second kappa shape index (κ2) is 12.0. The van der Waals surface area contributed by atoms with E-state index in [4.69, 9.17) is 0 Å². The summed E-state index contributed by atoms with van der Waals surface area (Å²) in [6.07, 6.45) is 3.51. The minimum absolute atomic E-state index is 0.0129.